The van der Waals surface area contributed by atoms with Crippen molar-refractivity contribution in [3.63, 3.8) is 0 Å². The average Bonchev–Trinajstić information content (AvgIpc) is 3.00. The van der Waals surface area contributed by atoms with Gasteiger partial charge in [-0.05, 0) is 62.2 Å². The largest absolute Gasteiger partial charge is 0.342 e. The highest BCUT2D eigenvalue weighted by molar-refractivity contribution is 5.79. The Bertz CT molecular complexity index is 412. The molecule has 118 valence electrons. The van der Waals surface area contributed by atoms with Gasteiger partial charge in [-0.25, -0.2) is 0 Å². The lowest BCUT2D eigenvalue weighted by Crippen LogP contribution is -2.49. The van der Waals surface area contributed by atoms with E-state index in [0.29, 0.717) is 41.7 Å². The molecule has 4 heteroatoms. The van der Waals surface area contributed by atoms with Crippen LogP contribution in [-0.2, 0) is 4.79 Å². The van der Waals surface area contributed by atoms with Crippen molar-refractivity contribution in [2.45, 2.75) is 57.0 Å². The molecule has 0 spiro atoms. The minimum atomic E-state index is 0.246. The molecule has 4 fully saturated rings. The Morgan fingerprint density at radius 3 is 2.29 bits per heavy atom. The summed E-state index contributed by atoms with van der Waals surface area (Å²) in [5.41, 5.74) is 12.6. The van der Waals surface area contributed by atoms with E-state index in [1.165, 1.54) is 25.7 Å². The van der Waals surface area contributed by atoms with Crippen LogP contribution in [0, 0.1) is 29.6 Å². The van der Waals surface area contributed by atoms with Gasteiger partial charge in [0, 0.05) is 31.1 Å². The van der Waals surface area contributed by atoms with Gasteiger partial charge in [0.2, 0.25) is 5.91 Å². The molecular formula is C17H29N3O. The van der Waals surface area contributed by atoms with Crippen LogP contribution in [0.4, 0.5) is 0 Å². The molecule has 4 rings (SSSR count). The van der Waals surface area contributed by atoms with Gasteiger partial charge >= 0.3 is 0 Å². The van der Waals surface area contributed by atoms with Gasteiger partial charge in [0.15, 0.2) is 0 Å². The average molecular weight is 291 g/mol. The van der Waals surface area contributed by atoms with Crippen LogP contribution in [0.15, 0.2) is 0 Å². The molecule has 5 unspecified atom stereocenters. The lowest BCUT2D eigenvalue weighted by Gasteiger charge is -2.44. The summed E-state index contributed by atoms with van der Waals surface area (Å²) in [5.74, 6) is 3.09. The zero-order valence-corrected chi connectivity index (χ0v) is 12.9. The number of nitrogens with zero attached hydrogens (tertiary/aromatic N) is 1. The molecule has 1 aliphatic heterocycles. The normalized spacial score (nSPS) is 49.2. The molecule has 1 amide bonds. The van der Waals surface area contributed by atoms with Gasteiger partial charge < -0.3 is 16.4 Å². The van der Waals surface area contributed by atoms with Crippen molar-refractivity contribution in [3.05, 3.63) is 0 Å². The molecule has 3 aliphatic carbocycles. The molecule has 4 nitrogen and oxygen atoms in total. The number of hydrogen-bond donors (Lipinski definition) is 2. The molecule has 0 aromatic carbocycles. The fourth-order valence-electron chi connectivity index (χ4n) is 5.74. The summed E-state index contributed by atoms with van der Waals surface area (Å²) in [6.07, 6.45) is 8.22. The van der Waals surface area contributed by atoms with Gasteiger partial charge in [-0.3, -0.25) is 4.79 Å². The number of carbonyl (C=O) groups is 1. The molecule has 1 saturated heterocycles. The summed E-state index contributed by atoms with van der Waals surface area (Å²) in [6.45, 7) is 1.89. The first-order valence-electron chi connectivity index (χ1n) is 8.93. The summed E-state index contributed by atoms with van der Waals surface area (Å²) in [6, 6.07) is 0.682. The number of fused-ring (bicyclic) bond motifs is 3. The minimum Gasteiger partial charge on any atom is -0.342 e. The Balaban J connectivity index is 1.42. The number of hydrogen-bond acceptors (Lipinski definition) is 3. The quantitative estimate of drug-likeness (QED) is 0.765. The van der Waals surface area contributed by atoms with Crippen molar-refractivity contribution < 1.29 is 4.79 Å². The zero-order chi connectivity index (χ0) is 14.6. The van der Waals surface area contributed by atoms with Gasteiger partial charge in [-0.1, -0.05) is 6.42 Å². The second-order valence-corrected chi connectivity index (χ2v) is 8.11. The number of carbonyl (C=O) groups excluding carboxylic acids is 1. The summed E-state index contributed by atoms with van der Waals surface area (Å²) >= 11 is 0. The van der Waals surface area contributed by atoms with Gasteiger partial charge in [-0.2, -0.15) is 0 Å². The first-order chi connectivity index (χ1) is 10.1. The Labute approximate surface area is 127 Å². The number of rotatable bonds is 1. The fraction of sp³-hybridized carbons (Fsp3) is 0.941. The van der Waals surface area contributed by atoms with Crippen LogP contribution in [0.3, 0.4) is 0 Å². The van der Waals surface area contributed by atoms with Gasteiger partial charge in [0.05, 0.1) is 0 Å². The van der Waals surface area contributed by atoms with E-state index < -0.39 is 0 Å². The molecule has 3 saturated carbocycles. The number of amides is 1. The van der Waals surface area contributed by atoms with E-state index >= 15 is 0 Å². The topological polar surface area (TPSA) is 72.3 Å². The Morgan fingerprint density at radius 1 is 0.905 bits per heavy atom. The molecule has 5 atom stereocenters. The SMILES string of the molecule is NC1CCC2CN(C(=O)C3CC4CCCC(C3)C4N)CC12. The molecule has 4 N–H and O–H groups in total. The first kappa shape index (κ1) is 14.0. The van der Waals surface area contributed by atoms with E-state index in [9.17, 15) is 4.79 Å². The van der Waals surface area contributed by atoms with Crippen molar-refractivity contribution in [2.24, 2.45) is 41.1 Å². The van der Waals surface area contributed by atoms with Gasteiger partial charge in [-0.15, -0.1) is 0 Å². The number of likely N-dealkylation sites (tertiary alicyclic amines) is 1. The maximum atomic E-state index is 12.9. The lowest BCUT2D eigenvalue weighted by molar-refractivity contribution is -0.137. The van der Waals surface area contributed by atoms with Crippen LogP contribution in [-0.4, -0.2) is 36.0 Å². The second-order valence-electron chi connectivity index (χ2n) is 8.11. The van der Waals surface area contributed by atoms with E-state index in [1.54, 1.807) is 0 Å². The monoisotopic (exact) mass is 291 g/mol. The Kier molecular flexibility index (Phi) is 3.49. The van der Waals surface area contributed by atoms with Crippen molar-refractivity contribution in [1.82, 2.24) is 4.90 Å². The predicted octanol–water partition coefficient (Wildman–Crippen LogP) is 1.34. The smallest absolute Gasteiger partial charge is 0.225 e. The maximum absolute atomic E-state index is 12.9. The second kappa shape index (κ2) is 5.24. The highest BCUT2D eigenvalue weighted by atomic mass is 16.2. The molecule has 0 aromatic rings. The predicted molar refractivity (Wildman–Crippen MR) is 82.3 cm³/mol. The minimum absolute atomic E-state index is 0.246. The van der Waals surface area contributed by atoms with Gasteiger partial charge in [0.1, 0.15) is 0 Å². The van der Waals surface area contributed by atoms with Crippen LogP contribution in [0.25, 0.3) is 0 Å². The molecule has 1 heterocycles. The van der Waals surface area contributed by atoms with Crippen molar-refractivity contribution in [3.8, 4) is 0 Å². The summed E-state index contributed by atoms with van der Waals surface area (Å²) in [7, 11) is 0. The van der Waals surface area contributed by atoms with E-state index in [1.807, 2.05) is 0 Å². The first-order valence-corrected chi connectivity index (χ1v) is 8.93. The van der Waals surface area contributed by atoms with Crippen LogP contribution in [0.2, 0.25) is 0 Å². The lowest BCUT2D eigenvalue weighted by atomic mass is 9.65. The standard InChI is InChI=1S/C17H29N3O/c18-15-5-4-12-8-20(9-14(12)15)17(21)13-6-10-2-1-3-11(7-13)16(10)19/h10-16H,1-9,18-19H2. The summed E-state index contributed by atoms with van der Waals surface area (Å²) in [5, 5.41) is 0. The van der Waals surface area contributed by atoms with E-state index in [0.717, 1.165) is 32.4 Å². The highest BCUT2D eigenvalue weighted by Crippen LogP contribution is 2.44. The van der Waals surface area contributed by atoms with E-state index in [2.05, 4.69) is 4.90 Å². The Morgan fingerprint density at radius 2 is 1.62 bits per heavy atom. The maximum Gasteiger partial charge on any atom is 0.225 e. The third kappa shape index (κ3) is 2.31. The summed E-state index contributed by atoms with van der Waals surface area (Å²) in [4.78, 5) is 15.1. The Hall–Kier alpha value is -0.610. The van der Waals surface area contributed by atoms with Crippen LogP contribution in [0.1, 0.15) is 44.9 Å². The van der Waals surface area contributed by atoms with E-state index in [4.69, 9.17) is 11.5 Å². The van der Waals surface area contributed by atoms with Crippen LogP contribution < -0.4 is 11.5 Å². The summed E-state index contributed by atoms with van der Waals surface area (Å²) < 4.78 is 0. The molecule has 0 aromatic heterocycles. The third-order valence-electron chi connectivity index (χ3n) is 6.99. The molecule has 21 heavy (non-hydrogen) atoms. The van der Waals surface area contributed by atoms with Crippen molar-refractivity contribution in [2.75, 3.05) is 13.1 Å². The third-order valence-corrected chi connectivity index (χ3v) is 6.99. The fourth-order valence-corrected chi connectivity index (χ4v) is 5.74. The molecular weight excluding hydrogens is 262 g/mol. The zero-order valence-electron chi connectivity index (χ0n) is 12.9. The van der Waals surface area contributed by atoms with Crippen molar-refractivity contribution >= 4 is 5.91 Å². The molecule has 0 radical (unpaired) electrons. The van der Waals surface area contributed by atoms with Crippen LogP contribution >= 0.6 is 0 Å². The number of nitrogens with two attached hydrogens (primary N) is 2. The van der Waals surface area contributed by atoms with Crippen molar-refractivity contribution in [1.29, 1.82) is 0 Å². The van der Waals surface area contributed by atoms with Gasteiger partial charge in [0.25, 0.3) is 0 Å². The molecule has 2 bridgehead atoms. The van der Waals surface area contributed by atoms with Crippen LogP contribution in [0.5, 0.6) is 0 Å². The highest BCUT2D eigenvalue weighted by Gasteiger charge is 2.46. The molecule has 4 aliphatic rings. The van der Waals surface area contributed by atoms with E-state index in [-0.39, 0.29) is 5.92 Å².